The van der Waals surface area contributed by atoms with Crippen LogP contribution in [0.5, 0.6) is 0 Å². The maximum atomic E-state index is 11.7. The van der Waals surface area contributed by atoms with Gasteiger partial charge in [0.1, 0.15) is 0 Å². The van der Waals surface area contributed by atoms with Gasteiger partial charge in [-0.3, -0.25) is 4.79 Å². The van der Waals surface area contributed by atoms with E-state index < -0.39 is 5.97 Å². The number of hydrogen-bond acceptors (Lipinski definition) is 2. The molecular formula is C14H24N2O3. The van der Waals surface area contributed by atoms with Gasteiger partial charge in [0.25, 0.3) is 0 Å². The number of urea groups is 1. The maximum absolute atomic E-state index is 11.7. The van der Waals surface area contributed by atoms with Crippen LogP contribution < -0.4 is 10.6 Å². The molecule has 5 nitrogen and oxygen atoms in total. The summed E-state index contributed by atoms with van der Waals surface area (Å²) in [6, 6.07) is 0.182. The largest absolute Gasteiger partial charge is 0.481 e. The predicted octanol–water partition coefficient (Wildman–Crippen LogP) is 2.26. The molecule has 0 aromatic rings. The Balaban J connectivity index is 1.81. The summed E-state index contributed by atoms with van der Waals surface area (Å²) in [6.45, 7) is 0.484. The van der Waals surface area contributed by atoms with Gasteiger partial charge < -0.3 is 15.7 Å². The fourth-order valence-electron chi connectivity index (χ4n) is 3.10. The SMILES string of the molecule is O=C(O)CC1(CNC(=O)NC2CCC2)CCCCC1. The van der Waals surface area contributed by atoms with Crippen LogP contribution in [0.3, 0.4) is 0 Å². The lowest BCUT2D eigenvalue weighted by atomic mass is 9.72. The number of carbonyl (C=O) groups excluding carboxylic acids is 1. The van der Waals surface area contributed by atoms with E-state index in [1.807, 2.05) is 0 Å². The number of carbonyl (C=O) groups is 2. The lowest BCUT2D eigenvalue weighted by Gasteiger charge is -2.36. The molecule has 0 radical (unpaired) electrons. The summed E-state index contributed by atoms with van der Waals surface area (Å²) in [5.74, 6) is -0.761. The Morgan fingerprint density at radius 2 is 1.79 bits per heavy atom. The van der Waals surface area contributed by atoms with Gasteiger partial charge in [-0.1, -0.05) is 19.3 Å². The van der Waals surface area contributed by atoms with Crippen molar-refractivity contribution in [2.75, 3.05) is 6.54 Å². The molecule has 2 rings (SSSR count). The highest BCUT2D eigenvalue weighted by atomic mass is 16.4. The number of carboxylic acids is 1. The van der Waals surface area contributed by atoms with Crippen molar-refractivity contribution in [3.63, 3.8) is 0 Å². The number of rotatable bonds is 5. The summed E-state index contributed by atoms with van der Waals surface area (Å²) in [7, 11) is 0. The molecule has 2 aliphatic rings. The van der Waals surface area contributed by atoms with E-state index in [0.29, 0.717) is 12.6 Å². The molecule has 0 spiro atoms. The molecule has 0 aliphatic heterocycles. The van der Waals surface area contributed by atoms with Crippen molar-refractivity contribution in [3.05, 3.63) is 0 Å². The Morgan fingerprint density at radius 1 is 1.11 bits per heavy atom. The second-order valence-corrected chi connectivity index (χ2v) is 6.09. The molecule has 0 saturated heterocycles. The predicted molar refractivity (Wildman–Crippen MR) is 71.9 cm³/mol. The number of aliphatic carboxylic acids is 1. The molecule has 2 amide bonds. The molecule has 0 bridgehead atoms. The molecule has 0 unspecified atom stereocenters. The first-order valence-corrected chi connectivity index (χ1v) is 7.36. The van der Waals surface area contributed by atoms with Gasteiger partial charge in [0.05, 0.1) is 6.42 Å². The Hall–Kier alpha value is -1.26. The van der Waals surface area contributed by atoms with Crippen molar-refractivity contribution in [2.24, 2.45) is 5.41 Å². The van der Waals surface area contributed by atoms with Crippen LogP contribution >= 0.6 is 0 Å². The highest BCUT2D eigenvalue weighted by molar-refractivity contribution is 5.74. The number of nitrogens with one attached hydrogen (secondary N) is 2. The lowest BCUT2D eigenvalue weighted by Crippen LogP contribution is -2.48. The van der Waals surface area contributed by atoms with Crippen molar-refractivity contribution >= 4 is 12.0 Å². The van der Waals surface area contributed by atoms with E-state index in [1.165, 1.54) is 12.8 Å². The minimum absolute atomic E-state index is 0.139. The van der Waals surface area contributed by atoms with E-state index in [9.17, 15) is 9.59 Å². The smallest absolute Gasteiger partial charge is 0.315 e. The van der Waals surface area contributed by atoms with Crippen molar-refractivity contribution in [1.29, 1.82) is 0 Å². The van der Waals surface area contributed by atoms with E-state index in [-0.39, 0.29) is 17.9 Å². The Bertz CT molecular complexity index is 334. The van der Waals surface area contributed by atoms with Crippen molar-refractivity contribution < 1.29 is 14.7 Å². The molecule has 2 fully saturated rings. The van der Waals surface area contributed by atoms with Crippen LogP contribution in [0.2, 0.25) is 0 Å². The third-order valence-corrected chi connectivity index (χ3v) is 4.50. The van der Waals surface area contributed by atoms with Crippen LogP contribution in [-0.2, 0) is 4.79 Å². The van der Waals surface area contributed by atoms with Crippen molar-refractivity contribution in [2.45, 2.75) is 63.8 Å². The topological polar surface area (TPSA) is 78.4 Å². The second kappa shape index (κ2) is 6.26. The summed E-state index contributed by atoms with van der Waals surface area (Å²) in [4.78, 5) is 22.8. The number of amides is 2. The van der Waals surface area contributed by atoms with Crippen LogP contribution in [0, 0.1) is 5.41 Å². The zero-order valence-corrected chi connectivity index (χ0v) is 11.4. The normalized spacial score (nSPS) is 22.3. The Labute approximate surface area is 114 Å². The summed E-state index contributed by atoms with van der Waals surface area (Å²) in [6.07, 6.45) is 8.60. The van der Waals surface area contributed by atoms with Gasteiger partial charge >= 0.3 is 12.0 Å². The monoisotopic (exact) mass is 268 g/mol. The average Bonchev–Trinajstić information content (AvgIpc) is 2.32. The van der Waals surface area contributed by atoms with E-state index in [0.717, 1.165) is 38.5 Å². The third-order valence-electron chi connectivity index (χ3n) is 4.50. The zero-order valence-electron chi connectivity index (χ0n) is 11.4. The first-order valence-electron chi connectivity index (χ1n) is 7.36. The number of hydrogen-bond donors (Lipinski definition) is 3. The Kier molecular flexibility index (Phi) is 4.66. The van der Waals surface area contributed by atoms with Crippen molar-refractivity contribution in [3.8, 4) is 0 Å². The molecule has 0 aromatic heterocycles. The van der Waals surface area contributed by atoms with E-state index >= 15 is 0 Å². The fraction of sp³-hybridized carbons (Fsp3) is 0.857. The van der Waals surface area contributed by atoms with Crippen LogP contribution in [0.4, 0.5) is 4.79 Å². The molecule has 19 heavy (non-hydrogen) atoms. The highest BCUT2D eigenvalue weighted by Gasteiger charge is 2.34. The molecule has 3 N–H and O–H groups in total. The molecule has 0 atom stereocenters. The summed E-state index contributed by atoms with van der Waals surface area (Å²) < 4.78 is 0. The van der Waals surface area contributed by atoms with E-state index in [4.69, 9.17) is 5.11 Å². The van der Waals surface area contributed by atoms with Crippen LogP contribution in [0.1, 0.15) is 57.8 Å². The molecule has 2 saturated carbocycles. The van der Waals surface area contributed by atoms with E-state index in [1.54, 1.807) is 0 Å². The molecule has 0 heterocycles. The van der Waals surface area contributed by atoms with Gasteiger partial charge in [0, 0.05) is 12.6 Å². The minimum Gasteiger partial charge on any atom is -0.481 e. The average molecular weight is 268 g/mol. The van der Waals surface area contributed by atoms with E-state index in [2.05, 4.69) is 10.6 Å². The lowest BCUT2D eigenvalue weighted by molar-refractivity contribution is -0.140. The molecule has 2 aliphatic carbocycles. The zero-order chi connectivity index (χ0) is 13.7. The van der Waals surface area contributed by atoms with Gasteiger partial charge in [-0.2, -0.15) is 0 Å². The highest BCUT2D eigenvalue weighted by Crippen LogP contribution is 2.38. The summed E-state index contributed by atoms with van der Waals surface area (Å²) in [5.41, 5.74) is -0.235. The van der Waals surface area contributed by atoms with Crippen LogP contribution in [0.15, 0.2) is 0 Å². The quantitative estimate of drug-likeness (QED) is 0.715. The van der Waals surface area contributed by atoms with Gasteiger partial charge in [-0.05, 0) is 37.5 Å². The Morgan fingerprint density at radius 3 is 2.32 bits per heavy atom. The molecule has 108 valence electrons. The standard InChI is InChI=1S/C14H24N2O3/c17-12(18)9-14(7-2-1-3-8-14)10-15-13(19)16-11-5-4-6-11/h11H,1-10H2,(H,17,18)(H2,15,16,19). The molecule has 5 heteroatoms. The van der Waals surface area contributed by atoms with Crippen LogP contribution in [0.25, 0.3) is 0 Å². The first kappa shape index (κ1) is 14.2. The number of carboxylic acid groups (broad SMARTS) is 1. The fourth-order valence-corrected chi connectivity index (χ4v) is 3.10. The second-order valence-electron chi connectivity index (χ2n) is 6.09. The maximum Gasteiger partial charge on any atom is 0.315 e. The first-order chi connectivity index (χ1) is 9.10. The van der Waals surface area contributed by atoms with Gasteiger partial charge in [0.15, 0.2) is 0 Å². The third kappa shape index (κ3) is 4.11. The van der Waals surface area contributed by atoms with Crippen LogP contribution in [-0.4, -0.2) is 29.7 Å². The van der Waals surface area contributed by atoms with Gasteiger partial charge in [-0.15, -0.1) is 0 Å². The summed E-state index contributed by atoms with van der Waals surface area (Å²) >= 11 is 0. The summed E-state index contributed by atoms with van der Waals surface area (Å²) in [5, 5.41) is 14.9. The minimum atomic E-state index is -0.761. The van der Waals surface area contributed by atoms with Gasteiger partial charge in [0.2, 0.25) is 0 Å². The van der Waals surface area contributed by atoms with Gasteiger partial charge in [-0.25, -0.2) is 4.79 Å². The molecule has 0 aromatic carbocycles. The molecular weight excluding hydrogens is 244 g/mol. The van der Waals surface area contributed by atoms with Crippen molar-refractivity contribution in [1.82, 2.24) is 10.6 Å².